The van der Waals surface area contributed by atoms with Crippen LogP contribution in [0, 0.1) is 11.3 Å². The summed E-state index contributed by atoms with van der Waals surface area (Å²) in [5.41, 5.74) is 0.0145. The fourth-order valence-corrected chi connectivity index (χ4v) is 1.04. The van der Waals surface area contributed by atoms with Crippen molar-refractivity contribution >= 4 is 5.97 Å². The van der Waals surface area contributed by atoms with E-state index in [2.05, 4.69) is 6.58 Å². The first-order chi connectivity index (χ1) is 7.76. The standard InChI is InChI=1S/C11H12F3NO2/c1-8(7-15)10(17-9(2)16)5-3-4-6-11(12,13)14/h4,6,10H,1,3,5H2,2H3/b6-4+. The molecule has 6 heteroatoms. The van der Waals surface area contributed by atoms with Gasteiger partial charge in [-0.2, -0.15) is 18.4 Å². The number of nitriles is 1. The lowest BCUT2D eigenvalue weighted by Gasteiger charge is -2.14. The van der Waals surface area contributed by atoms with Gasteiger partial charge in [-0.1, -0.05) is 12.7 Å². The van der Waals surface area contributed by atoms with E-state index in [1.807, 2.05) is 0 Å². The molecule has 0 aromatic heterocycles. The normalized spacial score (nSPS) is 13.1. The predicted octanol–water partition coefficient (Wildman–Crippen LogP) is 2.90. The highest BCUT2D eigenvalue weighted by Gasteiger charge is 2.22. The molecule has 94 valence electrons. The Morgan fingerprint density at radius 1 is 1.59 bits per heavy atom. The van der Waals surface area contributed by atoms with E-state index in [9.17, 15) is 18.0 Å². The Kier molecular flexibility index (Phi) is 6.03. The number of rotatable bonds is 5. The number of allylic oxidation sites excluding steroid dienone is 2. The Morgan fingerprint density at radius 2 is 2.18 bits per heavy atom. The highest BCUT2D eigenvalue weighted by atomic mass is 19.4. The monoisotopic (exact) mass is 247 g/mol. The second-order valence-electron chi connectivity index (χ2n) is 3.26. The Labute approximate surface area is 97.2 Å². The van der Waals surface area contributed by atoms with Crippen molar-refractivity contribution in [2.45, 2.75) is 32.0 Å². The highest BCUT2D eigenvalue weighted by Crippen LogP contribution is 2.18. The third-order valence-corrected chi connectivity index (χ3v) is 1.74. The van der Waals surface area contributed by atoms with Gasteiger partial charge >= 0.3 is 12.1 Å². The molecule has 0 rings (SSSR count). The first-order valence-electron chi connectivity index (χ1n) is 4.77. The summed E-state index contributed by atoms with van der Waals surface area (Å²) in [4.78, 5) is 10.7. The number of nitrogens with zero attached hydrogens (tertiary/aromatic N) is 1. The maximum Gasteiger partial charge on any atom is 0.409 e. The summed E-state index contributed by atoms with van der Waals surface area (Å²) in [5.74, 6) is -0.605. The highest BCUT2D eigenvalue weighted by molar-refractivity contribution is 5.66. The summed E-state index contributed by atoms with van der Waals surface area (Å²) in [6.45, 7) is 4.53. The van der Waals surface area contributed by atoms with Crippen molar-refractivity contribution < 1.29 is 22.7 Å². The fourth-order valence-electron chi connectivity index (χ4n) is 1.04. The number of carbonyl (C=O) groups excluding carboxylic acids is 1. The summed E-state index contributed by atoms with van der Waals surface area (Å²) < 4.78 is 40.1. The molecule has 1 atom stereocenters. The predicted molar refractivity (Wildman–Crippen MR) is 54.7 cm³/mol. The third-order valence-electron chi connectivity index (χ3n) is 1.74. The Hall–Kier alpha value is -1.77. The SMILES string of the molecule is C=C(C#N)C(CC/C=C/C(F)(F)F)OC(C)=O. The minimum Gasteiger partial charge on any atom is -0.457 e. The van der Waals surface area contributed by atoms with Crippen LogP contribution in [-0.4, -0.2) is 18.2 Å². The average molecular weight is 247 g/mol. The smallest absolute Gasteiger partial charge is 0.409 e. The molecule has 3 nitrogen and oxygen atoms in total. The number of carbonyl (C=O) groups is 1. The maximum atomic E-state index is 11.8. The number of halogens is 3. The largest absolute Gasteiger partial charge is 0.457 e. The first-order valence-corrected chi connectivity index (χ1v) is 4.77. The van der Waals surface area contributed by atoms with Crippen LogP contribution < -0.4 is 0 Å². The van der Waals surface area contributed by atoms with Gasteiger partial charge in [0.25, 0.3) is 0 Å². The molecule has 0 heterocycles. The van der Waals surface area contributed by atoms with Gasteiger partial charge in [0, 0.05) is 13.0 Å². The zero-order valence-electron chi connectivity index (χ0n) is 9.25. The van der Waals surface area contributed by atoms with E-state index < -0.39 is 18.2 Å². The molecule has 0 aliphatic carbocycles. The van der Waals surface area contributed by atoms with Crippen molar-refractivity contribution in [1.82, 2.24) is 0 Å². The zero-order valence-corrected chi connectivity index (χ0v) is 9.25. The first kappa shape index (κ1) is 15.2. The van der Waals surface area contributed by atoms with Crippen molar-refractivity contribution in [2.75, 3.05) is 0 Å². The Balaban J connectivity index is 4.28. The van der Waals surface area contributed by atoms with Gasteiger partial charge in [0.15, 0.2) is 0 Å². The Bertz CT molecular complexity index is 353. The minimum absolute atomic E-state index is 0.0145. The van der Waals surface area contributed by atoms with Crippen LogP contribution in [0.3, 0.4) is 0 Å². The van der Waals surface area contributed by atoms with Gasteiger partial charge in [-0.05, 0) is 12.8 Å². The van der Waals surface area contributed by atoms with Crippen LogP contribution in [0.5, 0.6) is 0 Å². The molecule has 0 amide bonds. The molecule has 0 spiro atoms. The molecule has 17 heavy (non-hydrogen) atoms. The van der Waals surface area contributed by atoms with Crippen LogP contribution in [0.1, 0.15) is 19.8 Å². The van der Waals surface area contributed by atoms with Crippen LogP contribution >= 0.6 is 0 Å². The number of alkyl halides is 3. The Morgan fingerprint density at radius 3 is 2.59 bits per heavy atom. The summed E-state index contributed by atoms with van der Waals surface area (Å²) >= 11 is 0. The summed E-state index contributed by atoms with van der Waals surface area (Å²) in [6, 6.07) is 1.71. The molecule has 0 bridgehead atoms. The molecule has 0 saturated carbocycles. The van der Waals surface area contributed by atoms with Crippen LogP contribution in [0.4, 0.5) is 13.2 Å². The van der Waals surface area contributed by atoms with E-state index in [1.54, 1.807) is 6.07 Å². The molecule has 0 fully saturated rings. The number of hydrogen-bond acceptors (Lipinski definition) is 3. The lowest BCUT2D eigenvalue weighted by atomic mass is 10.1. The van der Waals surface area contributed by atoms with Crippen molar-refractivity contribution in [3.05, 3.63) is 24.3 Å². The molecule has 1 unspecified atom stereocenters. The van der Waals surface area contributed by atoms with E-state index in [-0.39, 0.29) is 24.5 Å². The summed E-state index contributed by atoms with van der Waals surface area (Å²) in [6.07, 6.45) is -4.07. The van der Waals surface area contributed by atoms with Crippen molar-refractivity contribution in [3.8, 4) is 6.07 Å². The molecular weight excluding hydrogens is 235 g/mol. The lowest BCUT2D eigenvalue weighted by molar-refractivity contribution is -0.144. The van der Waals surface area contributed by atoms with Crippen molar-refractivity contribution in [1.29, 1.82) is 5.26 Å². The van der Waals surface area contributed by atoms with Crippen molar-refractivity contribution in [2.24, 2.45) is 0 Å². The molecular formula is C11H12F3NO2. The number of hydrogen-bond donors (Lipinski definition) is 0. The summed E-state index contributed by atoms with van der Waals surface area (Å²) in [5, 5.41) is 8.57. The van der Waals surface area contributed by atoms with Crippen LogP contribution in [0.2, 0.25) is 0 Å². The molecule has 0 radical (unpaired) electrons. The van der Waals surface area contributed by atoms with E-state index in [0.29, 0.717) is 0 Å². The molecule has 0 aromatic rings. The lowest BCUT2D eigenvalue weighted by Crippen LogP contribution is -2.17. The average Bonchev–Trinajstić information content (AvgIpc) is 2.19. The van der Waals surface area contributed by atoms with Crippen molar-refractivity contribution in [3.63, 3.8) is 0 Å². The molecule has 0 aromatic carbocycles. The number of esters is 1. The van der Waals surface area contributed by atoms with Gasteiger partial charge in [-0.25, -0.2) is 0 Å². The van der Waals surface area contributed by atoms with Gasteiger partial charge in [-0.3, -0.25) is 4.79 Å². The molecule has 0 saturated heterocycles. The van der Waals surface area contributed by atoms with Gasteiger partial charge in [0.05, 0.1) is 11.6 Å². The summed E-state index contributed by atoms with van der Waals surface area (Å²) in [7, 11) is 0. The van der Waals surface area contributed by atoms with Gasteiger partial charge in [0.1, 0.15) is 6.10 Å². The topological polar surface area (TPSA) is 50.1 Å². The minimum atomic E-state index is -4.36. The second kappa shape index (κ2) is 6.74. The van der Waals surface area contributed by atoms with Crippen LogP contribution in [0.15, 0.2) is 24.3 Å². The fraction of sp³-hybridized carbons (Fsp3) is 0.455. The van der Waals surface area contributed by atoms with E-state index in [4.69, 9.17) is 10.00 Å². The second-order valence-corrected chi connectivity index (χ2v) is 3.26. The van der Waals surface area contributed by atoms with Crippen LogP contribution in [0.25, 0.3) is 0 Å². The quantitative estimate of drug-likeness (QED) is 0.426. The van der Waals surface area contributed by atoms with Gasteiger partial charge in [0.2, 0.25) is 0 Å². The van der Waals surface area contributed by atoms with Gasteiger partial charge < -0.3 is 4.74 Å². The molecule has 0 N–H and O–H groups in total. The van der Waals surface area contributed by atoms with E-state index in [1.165, 1.54) is 0 Å². The van der Waals surface area contributed by atoms with Gasteiger partial charge in [-0.15, -0.1) is 0 Å². The maximum absolute atomic E-state index is 11.8. The molecule has 0 aliphatic rings. The number of ether oxygens (including phenoxy) is 1. The molecule has 0 aliphatic heterocycles. The van der Waals surface area contributed by atoms with E-state index in [0.717, 1.165) is 13.0 Å². The van der Waals surface area contributed by atoms with E-state index >= 15 is 0 Å². The zero-order chi connectivity index (χ0) is 13.5. The van der Waals surface area contributed by atoms with Crippen LogP contribution in [-0.2, 0) is 9.53 Å². The third kappa shape index (κ3) is 8.08.